The predicted molar refractivity (Wildman–Crippen MR) is 94.9 cm³/mol. The zero-order valence-electron chi connectivity index (χ0n) is 15.0. The number of nitrogens with zero attached hydrogens (tertiary/aromatic N) is 1. The second-order valence-corrected chi connectivity index (χ2v) is 5.34. The summed E-state index contributed by atoms with van der Waals surface area (Å²) in [6.07, 6.45) is 0. The van der Waals surface area contributed by atoms with E-state index in [9.17, 15) is 4.79 Å². The number of oxime groups is 1. The average molecular weight is 343 g/mol. The first-order valence-corrected chi connectivity index (χ1v) is 7.63. The van der Waals surface area contributed by atoms with Gasteiger partial charge in [-0.15, -0.1) is 0 Å². The van der Waals surface area contributed by atoms with Gasteiger partial charge in [0.15, 0.2) is 11.5 Å². The van der Waals surface area contributed by atoms with Gasteiger partial charge in [-0.3, -0.25) is 0 Å². The van der Waals surface area contributed by atoms with E-state index in [1.165, 1.54) is 21.3 Å². The number of hydrogen-bond acceptors (Lipinski definition) is 6. The van der Waals surface area contributed by atoms with Gasteiger partial charge in [0.1, 0.15) is 0 Å². The van der Waals surface area contributed by atoms with Crippen LogP contribution in [0.1, 0.15) is 28.4 Å². The topological polar surface area (TPSA) is 66.4 Å². The first-order chi connectivity index (χ1) is 12.0. The van der Waals surface area contributed by atoms with Crippen LogP contribution in [-0.2, 0) is 4.84 Å². The highest BCUT2D eigenvalue weighted by molar-refractivity contribution is 6.00. The normalized spacial score (nSPS) is 11.0. The molecule has 0 amide bonds. The van der Waals surface area contributed by atoms with Gasteiger partial charge >= 0.3 is 5.97 Å². The zero-order chi connectivity index (χ0) is 18.4. The molecular formula is C19H21NO5. The van der Waals surface area contributed by atoms with Crippen molar-refractivity contribution in [2.75, 3.05) is 21.3 Å². The second kappa shape index (κ2) is 8.19. The van der Waals surface area contributed by atoms with Gasteiger partial charge < -0.3 is 19.0 Å². The van der Waals surface area contributed by atoms with E-state index < -0.39 is 5.97 Å². The van der Waals surface area contributed by atoms with E-state index in [1.807, 2.05) is 19.1 Å². The minimum Gasteiger partial charge on any atom is -0.493 e. The molecule has 0 radical (unpaired) electrons. The number of aryl methyl sites for hydroxylation is 1. The summed E-state index contributed by atoms with van der Waals surface area (Å²) in [5.41, 5.74) is 2.69. The van der Waals surface area contributed by atoms with Gasteiger partial charge in [-0.05, 0) is 38.1 Å². The molecule has 0 unspecified atom stereocenters. The Hall–Kier alpha value is -3.02. The van der Waals surface area contributed by atoms with Crippen molar-refractivity contribution >= 4 is 11.7 Å². The van der Waals surface area contributed by atoms with Gasteiger partial charge in [0, 0.05) is 5.56 Å². The summed E-state index contributed by atoms with van der Waals surface area (Å²) in [6, 6.07) is 10.5. The molecule has 2 aromatic carbocycles. The maximum absolute atomic E-state index is 12.0. The number of benzene rings is 2. The number of ether oxygens (including phenoxy) is 3. The number of methoxy groups -OCH3 is 3. The molecule has 0 fully saturated rings. The number of carbonyl (C=O) groups excluding carboxylic acids is 1. The Bertz CT molecular complexity index is 756. The van der Waals surface area contributed by atoms with Gasteiger partial charge in [-0.1, -0.05) is 22.9 Å². The maximum atomic E-state index is 12.0. The van der Waals surface area contributed by atoms with Crippen LogP contribution in [-0.4, -0.2) is 33.0 Å². The molecule has 0 aliphatic rings. The molecule has 0 spiro atoms. The van der Waals surface area contributed by atoms with Gasteiger partial charge in [-0.25, -0.2) is 4.79 Å². The van der Waals surface area contributed by atoms with Crippen molar-refractivity contribution in [1.82, 2.24) is 0 Å². The summed E-state index contributed by atoms with van der Waals surface area (Å²) in [6.45, 7) is 3.67. The Morgan fingerprint density at radius 3 is 1.92 bits per heavy atom. The predicted octanol–water partition coefficient (Wildman–Crippen LogP) is 3.60. The molecule has 0 saturated carbocycles. The molecule has 0 aliphatic heterocycles. The quantitative estimate of drug-likeness (QED) is 0.455. The van der Waals surface area contributed by atoms with Crippen LogP contribution in [0.2, 0.25) is 0 Å². The van der Waals surface area contributed by atoms with Crippen LogP contribution in [0.5, 0.6) is 17.2 Å². The lowest BCUT2D eigenvalue weighted by Gasteiger charge is -2.13. The SMILES string of the molecule is COc1cc(/C(C)=N/OC(=O)c2ccc(C)cc2)cc(OC)c1OC. The van der Waals surface area contributed by atoms with Crippen molar-refractivity contribution in [1.29, 1.82) is 0 Å². The van der Waals surface area contributed by atoms with Crippen LogP contribution in [0.25, 0.3) is 0 Å². The van der Waals surface area contributed by atoms with Crippen LogP contribution in [0, 0.1) is 6.92 Å². The van der Waals surface area contributed by atoms with Crippen LogP contribution in [0.3, 0.4) is 0 Å². The van der Waals surface area contributed by atoms with Crippen molar-refractivity contribution in [3.63, 3.8) is 0 Å². The van der Waals surface area contributed by atoms with Crippen molar-refractivity contribution in [2.24, 2.45) is 5.16 Å². The Morgan fingerprint density at radius 1 is 0.880 bits per heavy atom. The van der Waals surface area contributed by atoms with Gasteiger partial charge in [0.25, 0.3) is 0 Å². The summed E-state index contributed by atoms with van der Waals surface area (Å²) < 4.78 is 15.9. The summed E-state index contributed by atoms with van der Waals surface area (Å²) in [4.78, 5) is 17.1. The van der Waals surface area contributed by atoms with Crippen molar-refractivity contribution in [3.8, 4) is 17.2 Å². The average Bonchev–Trinajstić information content (AvgIpc) is 2.64. The van der Waals surface area contributed by atoms with E-state index in [2.05, 4.69) is 5.16 Å². The van der Waals surface area contributed by atoms with E-state index in [-0.39, 0.29) is 0 Å². The van der Waals surface area contributed by atoms with E-state index >= 15 is 0 Å². The van der Waals surface area contributed by atoms with Gasteiger partial charge in [0.2, 0.25) is 5.75 Å². The molecule has 132 valence electrons. The highest BCUT2D eigenvalue weighted by atomic mass is 16.7. The lowest BCUT2D eigenvalue weighted by Crippen LogP contribution is -2.05. The smallest absolute Gasteiger partial charge is 0.365 e. The molecule has 0 atom stereocenters. The molecule has 6 nitrogen and oxygen atoms in total. The second-order valence-electron chi connectivity index (χ2n) is 5.34. The lowest BCUT2D eigenvalue weighted by molar-refractivity contribution is 0.0516. The molecule has 2 rings (SSSR count). The highest BCUT2D eigenvalue weighted by Crippen LogP contribution is 2.38. The van der Waals surface area contributed by atoms with E-state index in [0.29, 0.717) is 34.1 Å². The van der Waals surface area contributed by atoms with Crippen LogP contribution in [0.4, 0.5) is 0 Å². The van der Waals surface area contributed by atoms with Crippen LogP contribution >= 0.6 is 0 Å². The molecule has 0 bridgehead atoms. The fourth-order valence-electron chi connectivity index (χ4n) is 2.19. The molecule has 0 N–H and O–H groups in total. The minimum absolute atomic E-state index is 0.437. The molecule has 0 saturated heterocycles. The molecule has 2 aromatic rings. The summed E-state index contributed by atoms with van der Waals surface area (Å²) >= 11 is 0. The summed E-state index contributed by atoms with van der Waals surface area (Å²) in [5.74, 6) is 0.956. The summed E-state index contributed by atoms with van der Waals surface area (Å²) in [7, 11) is 4.60. The zero-order valence-corrected chi connectivity index (χ0v) is 15.0. The Balaban J connectivity index is 2.24. The first-order valence-electron chi connectivity index (χ1n) is 7.63. The molecule has 0 aromatic heterocycles. The number of rotatable bonds is 6. The molecule has 25 heavy (non-hydrogen) atoms. The van der Waals surface area contributed by atoms with Gasteiger partial charge in [0.05, 0.1) is 32.6 Å². The van der Waals surface area contributed by atoms with Crippen LogP contribution in [0.15, 0.2) is 41.6 Å². The molecule has 0 aliphatic carbocycles. The molecular weight excluding hydrogens is 322 g/mol. The largest absolute Gasteiger partial charge is 0.493 e. The number of carbonyl (C=O) groups is 1. The maximum Gasteiger partial charge on any atom is 0.365 e. The van der Waals surface area contributed by atoms with Crippen molar-refractivity contribution in [3.05, 3.63) is 53.1 Å². The Kier molecular flexibility index (Phi) is 6.00. The van der Waals surface area contributed by atoms with Gasteiger partial charge in [-0.2, -0.15) is 0 Å². The molecule has 0 heterocycles. The third kappa shape index (κ3) is 4.29. The van der Waals surface area contributed by atoms with E-state index in [4.69, 9.17) is 19.0 Å². The van der Waals surface area contributed by atoms with Crippen molar-refractivity contribution in [2.45, 2.75) is 13.8 Å². The highest BCUT2D eigenvalue weighted by Gasteiger charge is 2.15. The monoisotopic (exact) mass is 343 g/mol. The first kappa shape index (κ1) is 18.3. The fourth-order valence-corrected chi connectivity index (χ4v) is 2.19. The third-order valence-electron chi connectivity index (χ3n) is 3.64. The summed E-state index contributed by atoms with van der Waals surface area (Å²) in [5, 5.41) is 3.91. The Morgan fingerprint density at radius 2 is 1.44 bits per heavy atom. The minimum atomic E-state index is -0.521. The van der Waals surface area contributed by atoms with Crippen molar-refractivity contribution < 1.29 is 23.8 Å². The Labute approximate surface area is 147 Å². The lowest BCUT2D eigenvalue weighted by atomic mass is 10.1. The van der Waals surface area contributed by atoms with Crippen LogP contribution < -0.4 is 14.2 Å². The van der Waals surface area contributed by atoms with E-state index in [1.54, 1.807) is 31.2 Å². The number of hydrogen-bond donors (Lipinski definition) is 0. The fraction of sp³-hybridized carbons (Fsp3) is 0.263. The van der Waals surface area contributed by atoms with E-state index in [0.717, 1.165) is 5.56 Å². The standard InChI is InChI=1S/C19H21NO5/c1-12-6-8-14(9-7-12)19(21)25-20-13(2)15-10-16(22-3)18(24-5)17(11-15)23-4/h6-11H,1-5H3/b20-13+. The third-order valence-corrected chi connectivity index (χ3v) is 3.64. The molecule has 6 heteroatoms.